The quantitative estimate of drug-likeness (QED) is 0.522. The number of likely N-dealkylation sites (N-methyl/N-ethyl adjacent to an activating group) is 1. The lowest BCUT2D eigenvalue weighted by molar-refractivity contribution is -0.0631. The van der Waals surface area contributed by atoms with Crippen LogP contribution >= 0.6 is 0 Å². The van der Waals surface area contributed by atoms with E-state index in [2.05, 4.69) is 21.7 Å². The van der Waals surface area contributed by atoms with Crippen molar-refractivity contribution in [3.8, 4) is 0 Å². The molecule has 22 heavy (non-hydrogen) atoms. The first kappa shape index (κ1) is 16.6. The third-order valence-corrected chi connectivity index (χ3v) is 3.85. The molecule has 0 amide bonds. The SMILES string of the molecule is C=Nc1c(N)ncnc1N(C)C1OC(C(C)O)C(O)C1(C)O. The Morgan fingerprint density at radius 3 is 2.68 bits per heavy atom. The molecule has 0 radical (unpaired) electrons. The van der Waals surface area contributed by atoms with Gasteiger partial charge in [-0.25, -0.2) is 9.97 Å². The van der Waals surface area contributed by atoms with Crippen molar-refractivity contribution in [2.24, 2.45) is 4.99 Å². The summed E-state index contributed by atoms with van der Waals surface area (Å²) >= 11 is 0. The van der Waals surface area contributed by atoms with Gasteiger partial charge in [-0.1, -0.05) is 0 Å². The summed E-state index contributed by atoms with van der Waals surface area (Å²) in [5, 5.41) is 30.4. The van der Waals surface area contributed by atoms with Crippen molar-refractivity contribution in [3.63, 3.8) is 0 Å². The fourth-order valence-corrected chi connectivity index (χ4v) is 2.60. The standard InChI is InChI=1S/C13H21N5O4/c1-6(19)8-9(20)13(2,21)12(22-8)18(4)11-7(15-3)10(14)16-5-17-11/h5-6,8-9,12,19-21H,3H2,1-2,4H3,(H2,14,16,17). The Morgan fingerprint density at radius 1 is 1.55 bits per heavy atom. The van der Waals surface area contributed by atoms with E-state index < -0.39 is 30.1 Å². The molecule has 0 aliphatic carbocycles. The highest BCUT2D eigenvalue weighted by Crippen LogP contribution is 2.38. The second-order valence-electron chi connectivity index (χ2n) is 5.56. The van der Waals surface area contributed by atoms with Gasteiger partial charge in [0.15, 0.2) is 17.9 Å². The molecule has 1 aliphatic rings. The Kier molecular flexibility index (Phi) is 4.34. The molecular formula is C13H21N5O4. The molecule has 1 fully saturated rings. The number of aliphatic imine (C=N–C) groups is 1. The van der Waals surface area contributed by atoms with E-state index in [0.717, 1.165) is 0 Å². The molecule has 0 bridgehead atoms. The van der Waals surface area contributed by atoms with Crippen LogP contribution in [0.4, 0.5) is 17.3 Å². The number of rotatable bonds is 4. The third-order valence-electron chi connectivity index (χ3n) is 3.85. The zero-order valence-corrected chi connectivity index (χ0v) is 12.7. The maximum absolute atomic E-state index is 10.6. The topological polar surface area (TPSA) is 137 Å². The molecule has 1 saturated heterocycles. The molecule has 122 valence electrons. The van der Waals surface area contributed by atoms with Gasteiger partial charge in [0.05, 0.1) is 6.10 Å². The molecule has 5 N–H and O–H groups in total. The maximum Gasteiger partial charge on any atom is 0.163 e. The summed E-state index contributed by atoms with van der Waals surface area (Å²) in [6.45, 7) is 6.33. The van der Waals surface area contributed by atoms with Crippen LogP contribution in [0.1, 0.15) is 13.8 Å². The molecular weight excluding hydrogens is 290 g/mol. The van der Waals surface area contributed by atoms with Gasteiger partial charge in [-0.05, 0) is 20.6 Å². The summed E-state index contributed by atoms with van der Waals surface area (Å²) in [4.78, 5) is 13.2. The number of aliphatic hydroxyl groups is 3. The van der Waals surface area contributed by atoms with Crippen LogP contribution in [0.5, 0.6) is 0 Å². The van der Waals surface area contributed by atoms with E-state index in [9.17, 15) is 15.3 Å². The summed E-state index contributed by atoms with van der Waals surface area (Å²) in [6.07, 6.45) is -2.85. The van der Waals surface area contributed by atoms with Crippen LogP contribution in [0.3, 0.4) is 0 Å². The number of nitrogens with two attached hydrogens (primary N) is 1. The fourth-order valence-electron chi connectivity index (χ4n) is 2.60. The number of nitrogens with zero attached hydrogens (tertiary/aromatic N) is 4. The zero-order chi connectivity index (χ0) is 16.7. The Hall–Kier alpha value is -1.81. The number of hydrogen-bond donors (Lipinski definition) is 4. The second-order valence-corrected chi connectivity index (χ2v) is 5.56. The lowest BCUT2D eigenvalue weighted by Crippen LogP contribution is -2.52. The van der Waals surface area contributed by atoms with Crippen LogP contribution in [0, 0.1) is 0 Å². The average Bonchev–Trinajstić information content (AvgIpc) is 2.69. The highest BCUT2D eigenvalue weighted by molar-refractivity contribution is 5.74. The molecule has 0 saturated carbocycles. The summed E-state index contributed by atoms with van der Waals surface area (Å²) in [5.41, 5.74) is 4.35. The summed E-state index contributed by atoms with van der Waals surface area (Å²) in [5.74, 6) is 0.434. The number of hydrogen-bond acceptors (Lipinski definition) is 9. The van der Waals surface area contributed by atoms with Gasteiger partial charge in [-0.3, -0.25) is 4.99 Å². The molecule has 5 atom stereocenters. The first-order valence-corrected chi connectivity index (χ1v) is 6.75. The van der Waals surface area contributed by atoms with E-state index in [1.807, 2.05) is 0 Å². The lowest BCUT2D eigenvalue weighted by Gasteiger charge is -2.34. The van der Waals surface area contributed by atoms with E-state index in [0.29, 0.717) is 5.82 Å². The van der Waals surface area contributed by atoms with Gasteiger partial charge < -0.3 is 30.7 Å². The van der Waals surface area contributed by atoms with Crippen LogP contribution in [0.25, 0.3) is 0 Å². The zero-order valence-electron chi connectivity index (χ0n) is 12.7. The molecule has 1 aromatic heterocycles. The predicted octanol–water partition coefficient (Wildman–Crippen LogP) is -0.955. The van der Waals surface area contributed by atoms with Crippen LogP contribution in [-0.2, 0) is 4.74 Å². The lowest BCUT2D eigenvalue weighted by atomic mass is 9.94. The third kappa shape index (κ3) is 2.52. The van der Waals surface area contributed by atoms with Gasteiger partial charge in [0.1, 0.15) is 29.8 Å². The molecule has 9 heteroatoms. The predicted molar refractivity (Wildman–Crippen MR) is 81.0 cm³/mol. The van der Waals surface area contributed by atoms with Crippen molar-refractivity contribution in [2.45, 2.75) is 44.0 Å². The van der Waals surface area contributed by atoms with E-state index in [4.69, 9.17) is 10.5 Å². The molecule has 0 spiro atoms. The number of anilines is 2. The maximum atomic E-state index is 10.6. The molecule has 2 rings (SSSR count). The molecule has 0 aromatic carbocycles. The van der Waals surface area contributed by atoms with E-state index in [-0.39, 0.29) is 11.5 Å². The van der Waals surface area contributed by atoms with E-state index in [1.54, 1.807) is 7.05 Å². The van der Waals surface area contributed by atoms with E-state index in [1.165, 1.54) is 25.1 Å². The number of aromatic nitrogens is 2. The Labute approximate surface area is 128 Å². The monoisotopic (exact) mass is 311 g/mol. The Balaban J connectivity index is 2.39. The van der Waals surface area contributed by atoms with Crippen LogP contribution in [0.2, 0.25) is 0 Å². The Bertz CT molecular complexity index is 565. The minimum atomic E-state index is -1.63. The minimum absolute atomic E-state index is 0.136. The van der Waals surface area contributed by atoms with Gasteiger partial charge in [-0.15, -0.1) is 0 Å². The first-order valence-electron chi connectivity index (χ1n) is 6.75. The second kappa shape index (κ2) is 5.76. The van der Waals surface area contributed by atoms with Crippen molar-refractivity contribution in [3.05, 3.63) is 6.33 Å². The largest absolute Gasteiger partial charge is 0.391 e. The van der Waals surface area contributed by atoms with Crippen LogP contribution < -0.4 is 10.6 Å². The molecule has 1 aromatic rings. The summed E-state index contributed by atoms with van der Waals surface area (Å²) in [6, 6.07) is 0. The van der Waals surface area contributed by atoms with Crippen molar-refractivity contribution in [2.75, 3.05) is 17.7 Å². The van der Waals surface area contributed by atoms with Gasteiger partial charge in [0.2, 0.25) is 0 Å². The summed E-state index contributed by atoms with van der Waals surface area (Å²) < 4.78 is 5.62. The molecule has 9 nitrogen and oxygen atoms in total. The van der Waals surface area contributed by atoms with E-state index >= 15 is 0 Å². The highest BCUT2D eigenvalue weighted by Gasteiger charge is 2.55. The number of aliphatic hydroxyl groups excluding tert-OH is 2. The normalized spacial score (nSPS) is 32.7. The number of nitrogen functional groups attached to an aromatic ring is 1. The fraction of sp³-hybridized carbons (Fsp3) is 0.615. The highest BCUT2D eigenvalue weighted by atomic mass is 16.6. The first-order chi connectivity index (χ1) is 10.2. The van der Waals surface area contributed by atoms with Gasteiger partial charge >= 0.3 is 0 Å². The van der Waals surface area contributed by atoms with Crippen molar-refractivity contribution in [1.29, 1.82) is 0 Å². The van der Waals surface area contributed by atoms with Crippen molar-refractivity contribution >= 4 is 24.0 Å². The molecule has 2 heterocycles. The van der Waals surface area contributed by atoms with Gasteiger partial charge in [0.25, 0.3) is 0 Å². The van der Waals surface area contributed by atoms with Gasteiger partial charge in [-0.2, -0.15) is 0 Å². The summed E-state index contributed by atoms with van der Waals surface area (Å²) in [7, 11) is 1.60. The Morgan fingerprint density at radius 2 is 2.18 bits per heavy atom. The van der Waals surface area contributed by atoms with Crippen molar-refractivity contribution < 1.29 is 20.1 Å². The van der Waals surface area contributed by atoms with Crippen LogP contribution in [0.15, 0.2) is 11.3 Å². The van der Waals surface area contributed by atoms with Gasteiger partial charge in [0, 0.05) is 7.05 Å². The number of ether oxygens (including phenoxy) is 1. The minimum Gasteiger partial charge on any atom is -0.391 e. The molecule has 5 unspecified atom stereocenters. The van der Waals surface area contributed by atoms with Crippen molar-refractivity contribution in [1.82, 2.24) is 9.97 Å². The smallest absolute Gasteiger partial charge is 0.163 e. The average molecular weight is 311 g/mol. The molecule has 1 aliphatic heterocycles. The van der Waals surface area contributed by atoms with Crippen LogP contribution in [-0.4, -0.2) is 69.2 Å².